The monoisotopic (exact) mass is 313 g/mol. The van der Waals surface area contributed by atoms with Crippen molar-refractivity contribution >= 4 is 26.1 Å². The minimum atomic E-state index is -4.07. The van der Waals surface area contributed by atoms with Gasteiger partial charge in [-0.15, -0.1) is 0 Å². The van der Waals surface area contributed by atoms with Gasteiger partial charge in [0.25, 0.3) is 10.2 Å². The number of nitrogens with two attached hydrogens (primary N) is 1. The van der Waals surface area contributed by atoms with Crippen LogP contribution in [0.25, 0.3) is 0 Å². The van der Waals surface area contributed by atoms with Crippen molar-refractivity contribution in [1.82, 2.24) is 14.5 Å². The van der Waals surface area contributed by atoms with Crippen molar-refractivity contribution in [3.8, 4) is 0 Å². The highest BCUT2D eigenvalue weighted by atomic mass is 32.2. The first kappa shape index (κ1) is 15.8. The van der Waals surface area contributed by atoms with Crippen LogP contribution in [-0.4, -0.2) is 46.9 Å². The van der Waals surface area contributed by atoms with Crippen LogP contribution >= 0.6 is 0 Å². The van der Waals surface area contributed by atoms with Crippen LogP contribution in [0, 0.1) is 0 Å². The maximum Gasteiger partial charge on any atom is 0.300 e. The minimum absolute atomic E-state index is 0.0311. The molecule has 0 fully saturated rings. The van der Waals surface area contributed by atoms with Crippen molar-refractivity contribution in [2.45, 2.75) is 4.90 Å². The summed E-state index contributed by atoms with van der Waals surface area (Å²) in [6, 6.07) is 0. The van der Waals surface area contributed by atoms with Crippen LogP contribution in [0.2, 0.25) is 0 Å². The standard InChI is InChI=1S/C7H15N5O5S2/c1-12-5-6(18(8,13)14)7(10-12)11-19(15,16)9-3-4-17-2/h5,9H,3-4H2,1-2H3,(H,10,11)(H2,8,13,14). The second-order valence-corrected chi connectivity index (χ2v) is 6.58. The summed E-state index contributed by atoms with van der Waals surface area (Å²) < 4.78 is 55.7. The molecule has 0 aromatic carbocycles. The molecule has 0 radical (unpaired) electrons. The fourth-order valence-corrected chi connectivity index (χ4v) is 2.74. The van der Waals surface area contributed by atoms with Gasteiger partial charge >= 0.3 is 0 Å². The van der Waals surface area contributed by atoms with Gasteiger partial charge in [-0.25, -0.2) is 13.6 Å². The fourth-order valence-electron chi connectivity index (χ4n) is 1.19. The van der Waals surface area contributed by atoms with Crippen molar-refractivity contribution in [1.29, 1.82) is 0 Å². The molecule has 0 aliphatic carbocycles. The van der Waals surface area contributed by atoms with E-state index in [1.54, 1.807) is 0 Å². The largest absolute Gasteiger partial charge is 0.383 e. The molecular formula is C7H15N5O5S2. The predicted octanol–water partition coefficient (Wildman–Crippen LogP) is -2.04. The molecule has 0 amide bonds. The van der Waals surface area contributed by atoms with E-state index in [0.29, 0.717) is 0 Å². The Morgan fingerprint density at radius 3 is 2.58 bits per heavy atom. The summed E-state index contributed by atoms with van der Waals surface area (Å²) in [7, 11) is -5.17. The Morgan fingerprint density at radius 2 is 2.05 bits per heavy atom. The van der Waals surface area contributed by atoms with E-state index in [0.717, 1.165) is 10.9 Å². The molecule has 0 saturated heterocycles. The molecule has 110 valence electrons. The average molecular weight is 313 g/mol. The van der Waals surface area contributed by atoms with Gasteiger partial charge in [0.05, 0.1) is 6.61 Å². The lowest BCUT2D eigenvalue weighted by Gasteiger charge is -2.07. The number of primary sulfonamides is 1. The second-order valence-electron chi connectivity index (χ2n) is 3.55. The first-order chi connectivity index (χ1) is 8.65. The quantitative estimate of drug-likeness (QED) is 0.494. The lowest BCUT2D eigenvalue weighted by Crippen LogP contribution is -2.33. The predicted molar refractivity (Wildman–Crippen MR) is 67.0 cm³/mol. The number of methoxy groups -OCH3 is 1. The molecule has 0 spiro atoms. The minimum Gasteiger partial charge on any atom is -0.383 e. The van der Waals surface area contributed by atoms with Crippen LogP contribution < -0.4 is 14.6 Å². The van der Waals surface area contributed by atoms with Crippen LogP contribution in [0.4, 0.5) is 5.82 Å². The number of anilines is 1. The van der Waals surface area contributed by atoms with Crippen molar-refractivity contribution in [2.75, 3.05) is 25.0 Å². The number of sulfonamides is 1. The summed E-state index contributed by atoms with van der Waals surface area (Å²) in [5.74, 6) is -0.366. The van der Waals surface area contributed by atoms with Crippen LogP contribution in [0.5, 0.6) is 0 Å². The van der Waals surface area contributed by atoms with Gasteiger partial charge in [0.15, 0.2) is 5.82 Å². The van der Waals surface area contributed by atoms with Gasteiger partial charge in [-0.05, 0) is 0 Å². The van der Waals surface area contributed by atoms with E-state index in [1.807, 2.05) is 4.72 Å². The number of aryl methyl sites for hydroxylation is 1. The molecule has 0 atom stereocenters. The molecule has 12 heteroatoms. The molecule has 1 aromatic rings. The molecule has 1 heterocycles. The Morgan fingerprint density at radius 1 is 1.42 bits per heavy atom. The maximum absolute atomic E-state index is 11.6. The number of rotatable bonds is 7. The third-order valence-electron chi connectivity index (χ3n) is 1.93. The molecular weight excluding hydrogens is 298 g/mol. The van der Waals surface area contributed by atoms with Gasteiger partial charge in [-0.3, -0.25) is 9.40 Å². The Kier molecular flexibility index (Phi) is 4.86. The maximum atomic E-state index is 11.6. The van der Waals surface area contributed by atoms with Gasteiger partial charge in [0, 0.05) is 26.9 Å². The van der Waals surface area contributed by atoms with E-state index in [9.17, 15) is 16.8 Å². The zero-order valence-corrected chi connectivity index (χ0v) is 12.0. The molecule has 0 unspecified atom stereocenters. The van der Waals surface area contributed by atoms with E-state index >= 15 is 0 Å². The average Bonchev–Trinajstić information content (AvgIpc) is 2.58. The molecule has 19 heavy (non-hydrogen) atoms. The van der Waals surface area contributed by atoms with Gasteiger partial charge < -0.3 is 4.74 Å². The SMILES string of the molecule is COCCNS(=O)(=O)Nc1nn(C)cc1S(N)(=O)=O. The van der Waals surface area contributed by atoms with E-state index in [4.69, 9.17) is 5.14 Å². The van der Waals surface area contributed by atoms with Crippen LogP contribution in [0.1, 0.15) is 0 Å². The summed E-state index contributed by atoms with van der Waals surface area (Å²) >= 11 is 0. The second kappa shape index (κ2) is 5.83. The fraction of sp³-hybridized carbons (Fsp3) is 0.571. The first-order valence-corrected chi connectivity index (χ1v) is 8.01. The highest BCUT2D eigenvalue weighted by Gasteiger charge is 2.22. The van der Waals surface area contributed by atoms with Gasteiger partial charge in [-0.2, -0.15) is 18.2 Å². The van der Waals surface area contributed by atoms with Crippen LogP contribution in [0.15, 0.2) is 11.1 Å². The topological polar surface area (TPSA) is 145 Å². The smallest absolute Gasteiger partial charge is 0.300 e. The van der Waals surface area contributed by atoms with E-state index in [2.05, 4.69) is 14.6 Å². The van der Waals surface area contributed by atoms with E-state index in [-0.39, 0.29) is 19.0 Å². The highest BCUT2D eigenvalue weighted by molar-refractivity contribution is 7.91. The molecule has 10 nitrogen and oxygen atoms in total. The van der Waals surface area contributed by atoms with Crippen LogP contribution in [-0.2, 0) is 32.0 Å². The zero-order chi connectivity index (χ0) is 14.7. The summed E-state index contributed by atoms with van der Waals surface area (Å²) in [4.78, 5) is -0.410. The number of hydrogen-bond donors (Lipinski definition) is 3. The van der Waals surface area contributed by atoms with E-state index < -0.39 is 25.1 Å². The normalized spacial score (nSPS) is 12.6. The van der Waals surface area contributed by atoms with Gasteiger partial charge in [0.2, 0.25) is 10.0 Å². The third kappa shape index (κ3) is 4.76. The molecule has 4 N–H and O–H groups in total. The third-order valence-corrected chi connectivity index (χ3v) is 3.89. The molecule has 1 aromatic heterocycles. The highest BCUT2D eigenvalue weighted by Crippen LogP contribution is 2.17. The molecule has 0 bridgehead atoms. The Labute approximate surface area is 111 Å². The molecule has 1 rings (SSSR count). The summed E-state index contributed by atoms with van der Waals surface area (Å²) in [6.07, 6.45) is 1.10. The molecule has 0 aliphatic rings. The summed E-state index contributed by atoms with van der Waals surface area (Å²) in [5.41, 5.74) is 0. The Hall–Kier alpha value is -1.21. The lowest BCUT2D eigenvalue weighted by molar-refractivity contribution is 0.204. The van der Waals surface area contributed by atoms with Crippen molar-refractivity contribution in [3.63, 3.8) is 0 Å². The number of ether oxygens (including phenoxy) is 1. The number of nitrogens with zero attached hydrogens (tertiary/aromatic N) is 2. The summed E-state index contributed by atoms with van der Waals surface area (Å²) in [6.45, 7) is 0.203. The van der Waals surface area contributed by atoms with E-state index in [1.165, 1.54) is 14.2 Å². The van der Waals surface area contributed by atoms with Crippen LogP contribution in [0.3, 0.4) is 0 Å². The number of hydrogen-bond acceptors (Lipinski definition) is 6. The van der Waals surface area contributed by atoms with Crippen molar-refractivity contribution in [2.24, 2.45) is 12.2 Å². The number of aromatic nitrogens is 2. The zero-order valence-electron chi connectivity index (χ0n) is 10.3. The molecule has 0 saturated carbocycles. The Bertz CT molecular complexity index is 635. The van der Waals surface area contributed by atoms with Crippen molar-refractivity contribution in [3.05, 3.63) is 6.20 Å². The van der Waals surface area contributed by atoms with Crippen molar-refractivity contribution < 1.29 is 21.6 Å². The lowest BCUT2D eigenvalue weighted by atomic mass is 10.7. The Balaban J connectivity index is 2.94. The first-order valence-electron chi connectivity index (χ1n) is 4.98. The van der Waals surface area contributed by atoms with Gasteiger partial charge in [0.1, 0.15) is 4.90 Å². The molecule has 0 aliphatic heterocycles. The van der Waals surface area contributed by atoms with Gasteiger partial charge in [-0.1, -0.05) is 0 Å². The number of nitrogens with one attached hydrogen (secondary N) is 2. The summed E-state index contributed by atoms with van der Waals surface area (Å²) in [5, 5.41) is 8.64.